The summed E-state index contributed by atoms with van der Waals surface area (Å²) in [5.74, 6) is 0.261. The third-order valence-electron chi connectivity index (χ3n) is 3.57. The fraction of sp³-hybridized carbons (Fsp3) is 0.312. The number of carbonyl (C=O) groups excluding carboxylic acids is 1. The molecule has 3 rings (SSSR count). The third-order valence-corrected chi connectivity index (χ3v) is 3.90. The van der Waals surface area contributed by atoms with Gasteiger partial charge in [-0.2, -0.15) is 0 Å². The van der Waals surface area contributed by atoms with Gasteiger partial charge in [0, 0.05) is 12.1 Å². The molecule has 0 saturated heterocycles. The van der Waals surface area contributed by atoms with E-state index in [0.29, 0.717) is 34.4 Å². The van der Waals surface area contributed by atoms with Crippen molar-refractivity contribution >= 4 is 17.6 Å². The highest BCUT2D eigenvalue weighted by molar-refractivity contribution is 6.33. The molecule has 0 spiro atoms. The number of aromatic nitrogens is 5. The monoisotopic (exact) mass is 361 g/mol. The molecule has 0 amide bonds. The summed E-state index contributed by atoms with van der Waals surface area (Å²) in [5.41, 5.74) is 1.19. The van der Waals surface area contributed by atoms with Gasteiger partial charge in [0.05, 0.1) is 5.02 Å². The Morgan fingerprint density at radius 3 is 2.92 bits per heavy atom. The smallest absolute Gasteiger partial charge is 0.344 e. The average molecular weight is 362 g/mol. The highest BCUT2D eigenvalue weighted by atomic mass is 35.5. The Labute approximate surface area is 148 Å². The number of hydrogen-bond donors (Lipinski definition) is 0. The van der Waals surface area contributed by atoms with Crippen LogP contribution in [-0.4, -0.2) is 31.3 Å². The molecule has 0 unspecified atom stereocenters. The Balaban J connectivity index is 1.82. The molecule has 2 heterocycles. The first-order valence-electron chi connectivity index (χ1n) is 7.75. The molecule has 0 aliphatic heterocycles. The van der Waals surface area contributed by atoms with Crippen LogP contribution in [0.1, 0.15) is 35.3 Å². The lowest BCUT2D eigenvalue weighted by Gasteiger charge is -2.06. The zero-order chi connectivity index (χ0) is 17.8. The lowest BCUT2D eigenvalue weighted by Crippen LogP contribution is -2.12. The molecular weight excluding hydrogens is 346 g/mol. The Bertz CT molecular complexity index is 890. The summed E-state index contributed by atoms with van der Waals surface area (Å²) in [4.78, 5) is 12.6. The van der Waals surface area contributed by atoms with Crippen molar-refractivity contribution in [3.05, 3.63) is 46.4 Å². The summed E-state index contributed by atoms with van der Waals surface area (Å²) in [6.07, 6.45) is 0.868. The maximum atomic E-state index is 12.6. The molecule has 130 valence electrons. The molecule has 0 N–H and O–H groups in total. The van der Waals surface area contributed by atoms with Gasteiger partial charge in [0.1, 0.15) is 17.0 Å². The molecule has 9 heteroatoms. The topological polar surface area (TPSA) is 95.9 Å². The summed E-state index contributed by atoms with van der Waals surface area (Å²) in [6.45, 7) is 4.26. The molecule has 3 aromatic rings. The minimum Gasteiger partial charge on any atom is -0.454 e. The van der Waals surface area contributed by atoms with Gasteiger partial charge in [0.25, 0.3) is 0 Å². The second-order valence-electron chi connectivity index (χ2n) is 5.34. The van der Waals surface area contributed by atoms with Crippen LogP contribution in [0.5, 0.6) is 0 Å². The molecular formula is C16H16ClN5O3. The minimum atomic E-state index is -0.570. The number of benzene rings is 1. The largest absolute Gasteiger partial charge is 0.454 e. The molecule has 0 atom stereocenters. The van der Waals surface area contributed by atoms with E-state index in [9.17, 15) is 4.79 Å². The Morgan fingerprint density at radius 1 is 1.36 bits per heavy atom. The fourth-order valence-corrected chi connectivity index (χ4v) is 2.59. The number of halogens is 1. The van der Waals surface area contributed by atoms with Crippen molar-refractivity contribution in [1.82, 2.24) is 25.4 Å². The van der Waals surface area contributed by atoms with Gasteiger partial charge in [-0.15, -0.1) is 5.10 Å². The van der Waals surface area contributed by atoms with Crippen LogP contribution >= 0.6 is 11.6 Å². The number of aryl methyl sites for hydroxylation is 2. The van der Waals surface area contributed by atoms with Crippen LogP contribution in [0.4, 0.5) is 0 Å². The van der Waals surface area contributed by atoms with Gasteiger partial charge in [-0.25, -0.2) is 9.48 Å². The van der Waals surface area contributed by atoms with E-state index in [2.05, 4.69) is 20.7 Å². The van der Waals surface area contributed by atoms with E-state index in [0.717, 1.165) is 6.42 Å². The zero-order valence-corrected chi connectivity index (χ0v) is 14.5. The van der Waals surface area contributed by atoms with E-state index in [1.54, 1.807) is 35.9 Å². The first-order chi connectivity index (χ1) is 12.1. The maximum Gasteiger partial charge on any atom is 0.344 e. The van der Waals surface area contributed by atoms with Gasteiger partial charge >= 0.3 is 5.97 Å². The van der Waals surface area contributed by atoms with Gasteiger partial charge in [0.2, 0.25) is 0 Å². The molecule has 0 radical (unpaired) electrons. The average Bonchev–Trinajstić information content (AvgIpc) is 3.20. The standard InChI is InChI=1S/C16H16ClN5O3/c1-3-8-22-13(18-20-21-22)9-24-16(23)14-10(2)25-19-15(14)11-6-4-5-7-12(11)17/h4-7H,3,8-9H2,1-2H3. The molecule has 1 aromatic carbocycles. The first-order valence-corrected chi connectivity index (χ1v) is 8.13. The highest BCUT2D eigenvalue weighted by Crippen LogP contribution is 2.31. The molecule has 0 bridgehead atoms. The third kappa shape index (κ3) is 3.53. The molecule has 0 aliphatic carbocycles. The van der Waals surface area contributed by atoms with E-state index in [4.69, 9.17) is 20.9 Å². The van der Waals surface area contributed by atoms with Crippen LogP contribution in [0.3, 0.4) is 0 Å². The van der Waals surface area contributed by atoms with Crippen molar-refractivity contribution in [2.75, 3.05) is 0 Å². The van der Waals surface area contributed by atoms with Gasteiger partial charge in [-0.1, -0.05) is 41.9 Å². The molecule has 0 aliphatic rings. The van der Waals surface area contributed by atoms with Gasteiger partial charge in [0.15, 0.2) is 12.4 Å². The van der Waals surface area contributed by atoms with Crippen LogP contribution in [0.2, 0.25) is 5.02 Å². The summed E-state index contributed by atoms with van der Waals surface area (Å²) in [6, 6.07) is 7.08. The molecule has 0 saturated carbocycles. The number of rotatable bonds is 6. The summed E-state index contributed by atoms with van der Waals surface area (Å²) >= 11 is 6.19. The first kappa shape index (κ1) is 17.1. The molecule has 0 fully saturated rings. The number of carbonyl (C=O) groups is 1. The van der Waals surface area contributed by atoms with Crippen molar-refractivity contribution in [1.29, 1.82) is 0 Å². The Kier molecular flexibility index (Phi) is 5.08. The van der Waals surface area contributed by atoms with Crippen molar-refractivity contribution in [2.45, 2.75) is 33.4 Å². The van der Waals surface area contributed by atoms with Crippen molar-refractivity contribution in [2.24, 2.45) is 0 Å². The highest BCUT2D eigenvalue weighted by Gasteiger charge is 2.24. The van der Waals surface area contributed by atoms with Crippen LogP contribution in [-0.2, 0) is 17.9 Å². The zero-order valence-electron chi connectivity index (χ0n) is 13.8. The molecule has 8 nitrogen and oxygen atoms in total. The van der Waals surface area contributed by atoms with Crippen LogP contribution in [0.15, 0.2) is 28.8 Å². The number of nitrogens with zero attached hydrogens (tertiary/aromatic N) is 5. The Morgan fingerprint density at radius 2 is 2.16 bits per heavy atom. The number of tetrazole rings is 1. The SMILES string of the molecule is CCCn1nnnc1COC(=O)c1c(-c2ccccc2Cl)noc1C. The summed E-state index contributed by atoms with van der Waals surface area (Å²) in [5, 5.41) is 15.7. The van der Waals surface area contributed by atoms with Crippen LogP contribution < -0.4 is 0 Å². The lowest BCUT2D eigenvalue weighted by molar-refractivity contribution is 0.0455. The van der Waals surface area contributed by atoms with Crippen molar-refractivity contribution < 1.29 is 14.1 Å². The summed E-state index contributed by atoms with van der Waals surface area (Å²) in [7, 11) is 0. The van der Waals surface area contributed by atoms with Gasteiger partial charge in [-0.3, -0.25) is 0 Å². The quantitative estimate of drug-likeness (QED) is 0.622. The number of ether oxygens (including phenoxy) is 1. The van der Waals surface area contributed by atoms with E-state index < -0.39 is 5.97 Å². The predicted octanol–water partition coefficient (Wildman–Crippen LogP) is 3.06. The van der Waals surface area contributed by atoms with E-state index in [1.165, 1.54) is 0 Å². The number of esters is 1. The Hall–Kier alpha value is -2.74. The number of hydrogen-bond acceptors (Lipinski definition) is 7. The second-order valence-corrected chi connectivity index (χ2v) is 5.74. The predicted molar refractivity (Wildman–Crippen MR) is 88.9 cm³/mol. The van der Waals surface area contributed by atoms with Crippen molar-refractivity contribution in [3.63, 3.8) is 0 Å². The summed E-state index contributed by atoms with van der Waals surface area (Å²) < 4.78 is 12.1. The second kappa shape index (κ2) is 7.43. The van der Waals surface area contributed by atoms with Crippen molar-refractivity contribution in [3.8, 4) is 11.3 Å². The van der Waals surface area contributed by atoms with Crippen LogP contribution in [0, 0.1) is 6.92 Å². The molecule has 25 heavy (non-hydrogen) atoms. The normalized spacial score (nSPS) is 10.8. The van der Waals surface area contributed by atoms with E-state index in [1.807, 2.05) is 6.92 Å². The lowest BCUT2D eigenvalue weighted by atomic mass is 10.1. The maximum absolute atomic E-state index is 12.6. The van der Waals surface area contributed by atoms with E-state index >= 15 is 0 Å². The van der Waals surface area contributed by atoms with E-state index in [-0.39, 0.29) is 12.2 Å². The van der Waals surface area contributed by atoms with Crippen LogP contribution in [0.25, 0.3) is 11.3 Å². The minimum absolute atomic E-state index is 0.0432. The van der Waals surface area contributed by atoms with Gasteiger partial charge in [-0.05, 0) is 29.8 Å². The molecule has 2 aromatic heterocycles. The fourth-order valence-electron chi connectivity index (χ4n) is 2.36. The van der Waals surface area contributed by atoms with Gasteiger partial charge < -0.3 is 9.26 Å².